The molecule has 4 nitrogen and oxygen atoms in total. The molecule has 0 amide bonds. The van der Waals surface area contributed by atoms with Crippen molar-refractivity contribution in [2.75, 3.05) is 0 Å². The first kappa shape index (κ1) is 15.8. The Kier molecular flexibility index (Phi) is 4.94. The van der Waals surface area contributed by atoms with Crippen LogP contribution in [0.4, 0.5) is 0 Å². The minimum absolute atomic E-state index is 0.0808. The number of hydrogen-bond donors (Lipinski definition) is 2. The lowest BCUT2D eigenvalue weighted by atomic mass is 9.90. The molecule has 22 heavy (non-hydrogen) atoms. The molecule has 0 bridgehead atoms. The van der Waals surface area contributed by atoms with E-state index in [0.29, 0.717) is 18.4 Å². The molecule has 0 fully saturated rings. The predicted molar refractivity (Wildman–Crippen MR) is 83.6 cm³/mol. The van der Waals surface area contributed by atoms with E-state index in [9.17, 15) is 19.8 Å². The summed E-state index contributed by atoms with van der Waals surface area (Å²) in [7, 11) is 0. The Bertz CT molecular complexity index is 690. The lowest BCUT2D eigenvalue weighted by Crippen LogP contribution is -2.14. The second kappa shape index (κ2) is 6.89. The van der Waals surface area contributed by atoms with Crippen molar-refractivity contribution in [3.8, 4) is 0 Å². The zero-order valence-corrected chi connectivity index (χ0v) is 12.4. The minimum Gasteiger partial charge on any atom is -0.478 e. The molecular formula is C18H18O4. The van der Waals surface area contributed by atoms with Gasteiger partial charge < -0.3 is 10.2 Å². The highest BCUT2D eigenvalue weighted by Crippen LogP contribution is 2.24. The van der Waals surface area contributed by atoms with E-state index in [0.717, 1.165) is 17.5 Å². The van der Waals surface area contributed by atoms with Gasteiger partial charge in [-0.05, 0) is 35.6 Å². The average molecular weight is 298 g/mol. The van der Waals surface area contributed by atoms with Crippen molar-refractivity contribution < 1.29 is 19.8 Å². The quantitative estimate of drug-likeness (QED) is 0.854. The van der Waals surface area contributed by atoms with Gasteiger partial charge in [0.15, 0.2) is 0 Å². The summed E-state index contributed by atoms with van der Waals surface area (Å²) in [6, 6.07) is 12.9. The van der Waals surface area contributed by atoms with Gasteiger partial charge in [-0.2, -0.15) is 0 Å². The van der Waals surface area contributed by atoms with Crippen molar-refractivity contribution in [3.05, 3.63) is 70.3 Å². The summed E-state index contributed by atoms with van der Waals surface area (Å²) < 4.78 is 0. The predicted octanol–water partition coefficient (Wildman–Crippen LogP) is 3.63. The molecule has 4 heteroatoms. The van der Waals surface area contributed by atoms with E-state index in [1.807, 2.05) is 37.3 Å². The fourth-order valence-corrected chi connectivity index (χ4v) is 2.63. The molecule has 0 radical (unpaired) electrons. The number of aromatic carboxylic acids is 2. The maximum absolute atomic E-state index is 11.6. The molecule has 2 aromatic carbocycles. The summed E-state index contributed by atoms with van der Waals surface area (Å²) in [4.78, 5) is 22.9. The number of carboxylic acids is 2. The Morgan fingerprint density at radius 2 is 1.64 bits per heavy atom. The van der Waals surface area contributed by atoms with Gasteiger partial charge in [-0.15, -0.1) is 0 Å². The highest BCUT2D eigenvalue weighted by molar-refractivity contribution is 6.03. The third-order valence-corrected chi connectivity index (χ3v) is 3.59. The van der Waals surface area contributed by atoms with Crippen molar-refractivity contribution in [1.29, 1.82) is 0 Å². The smallest absolute Gasteiger partial charge is 0.336 e. The highest BCUT2D eigenvalue weighted by Gasteiger charge is 2.22. The van der Waals surface area contributed by atoms with Gasteiger partial charge in [-0.25, -0.2) is 9.59 Å². The van der Waals surface area contributed by atoms with Crippen LogP contribution in [0.15, 0.2) is 42.5 Å². The van der Waals surface area contributed by atoms with E-state index in [1.54, 1.807) is 6.07 Å². The lowest BCUT2D eigenvalue weighted by Gasteiger charge is -2.14. The zero-order valence-electron chi connectivity index (χ0n) is 12.4. The van der Waals surface area contributed by atoms with E-state index in [1.165, 1.54) is 6.07 Å². The van der Waals surface area contributed by atoms with Crippen molar-refractivity contribution in [1.82, 2.24) is 0 Å². The third kappa shape index (κ3) is 3.34. The van der Waals surface area contributed by atoms with E-state index in [4.69, 9.17) is 0 Å². The lowest BCUT2D eigenvalue weighted by molar-refractivity contribution is 0.0650. The van der Waals surface area contributed by atoms with Crippen molar-refractivity contribution in [2.45, 2.75) is 26.2 Å². The fourth-order valence-electron chi connectivity index (χ4n) is 2.63. The Morgan fingerprint density at radius 1 is 0.955 bits per heavy atom. The van der Waals surface area contributed by atoms with E-state index in [2.05, 4.69) is 0 Å². The topological polar surface area (TPSA) is 74.6 Å². The largest absolute Gasteiger partial charge is 0.478 e. The second-order valence-electron chi connectivity index (χ2n) is 5.15. The van der Waals surface area contributed by atoms with Crippen LogP contribution in [0.3, 0.4) is 0 Å². The van der Waals surface area contributed by atoms with Crippen molar-refractivity contribution in [2.24, 2.45) is 0 Å². The van der Waals surface area contributed by atoms with Crippen LogP contribution in [0.25, 0.3) is 0 Å². The molecule has 0 aliphatic heterocycles. The van der Waals surface area contributed by atoms with Gasteiger partial charge in [0.1, 0.15) is 0 Å². The average Bonchev–Trinajstić information content (AvgIpc) is 2.49. The number of carboxylic acid groups (broad SMARTS) is 2. The molecule has 0 saturated heterocycles. The van der Waals surface area contributed by atoms with Crippen molar-refractivity contribution >= 4 is 11.9 Å². The molecule has 0 saturated carbocycles. The minimum atomic E-state index is -1.21. The molecule has 0 heterocycles. The van der Waals surface area contributed by atoms with Crippen LogP contribution >= 0.6 is 0 Å². The second-order valence-corrected chi connectivity index (χ2v) is 5.15. The summed E-state index contributed by atoms with van der Waals surface area (Å²) in [6.45, 7) is 1.95. The standard InChI is InChI=1S/C18H18O4/c1-2-6-14-13(11-12-7-4-3-5-8-12)9-10-15(17(19)20)16(14)18(21)22/h3-5,7-10H,2,6,11H2,1H3,(H,19,20)(H,21,22). The van der Waals surface area contributed by atoms with Gasteiger partial charge in [0, 0.05) is 0 Å². The maximum atomic E-state index is 11.6. The maximum Gasteiger partial charge on any atom is 0.336 e. The Balaban J connectivity index is 2.56. The molecule has 2 rings (SSSR count). The van der Waals surface area contributed by atoms with Crippen LogP contribution in [0.2, 0.25) is 0 Å². The molecule has 0 atom stereocenters. The number of hydrogen-bond acceptors (Lipinski definition) is 2. The normalized spacial score (nSPS) is 10.4. The number of benzene rings is 2. The third-order valence-electron chi connectivity index (χ3n) is 3.59. The first-order valence-electron chi connectivity index (χ1n) is 7.19. The van der Waals surface area contributed by atoms with Crippen LogP contribution in [0.5, 0.6) is 0 Å². The van der Waals surface area contributed by atoms with Gasteiger partial charge >= 0.3 is 11.9 Å². The highest BCUT2D eigenvalue weighted by atomic mass is 16.4. The summed E-state index contributed by atoms with van der Waals surface area (Å²) in [5.41, 5.74) is 2.34. The first-order chi connectivity index (χ1) is 10.5. The van der Waals surface area contributed by atoms with Gasteiger partial charge in [0.25, 0.3) is 0 Å². The van der Waals surface area contributed by atoms with Crippen LogP contribution in [0.1, 0.15) is 50.8 Å². The molecule has 0 unspecified atom stereocenters. The number of rotatable bonds is 6. The van der Waals surface area contributed by atoms with Gasteiger partial charge in [0.05, 0.1) is 11.1 Å². The van der Waals surface area contributed by atoms with Crippen LogP contribution in [-0.4, -0.2) is 22.2 Å². The molecule has 0 aromatic heterocycles. The summed E-state index contributed by atoms with van der Waals surface area (Å²) >= 11 is 0. The fraction of sp³-hybridized carbons (Fsp3) is 0.222. The Morgan fingerprint density at radius 3 is 2.18 bits per heavy atom. The Hall–Kier alpha value is -2.62. The summed E-state index contributed by atoms with van der Waals surface area (Å²) in [6.07, 6.45) is 1.90. The summed E-state index contributed by atoms with van der Waals surface area (Å²) in [5, 5.41) is 18.7. The molecular weight excluding hydrogens is 280 g/mol. The van der Waals surface area contributed by atoms with Gasteiger partial charge in [-0.1, -0.05) is 49.7 Å². The number of carbonyl (C=O) groups is 2. The van der Waals surface area contributed by atoms with Crippen LogP contribution in [0, 0.1) is 0 Å². The monoisotopic (exact) mass is 298 g/mol. The Labute approximate surface area is 129 Å². The molecule has 2 N–H and O–H groups in total. The molecule has 0 spiro atoms. The van der Waals surface area contributed by atoms with E-state index >= 15 is 0 Å². The molecule has 0 aliphatic rings. The van der Waals surface area contributed by atoms with Crippen LogP contribution < -0.4 is 0 Å². The zero-order chi connectivity index (χ0) is 16.1. The van der Waals surface area contributed by atoms with Crippen molar-refractivity contribution in [3.63, 3.8) is 0 Å². The van der Waals surface area contributed by atoms with E-state index < -0.39 is 11.9 Å². The van der Waals surface area contributed by atoms with Gasteiger partial charge in [-0.3, -0.25) is 0 Å². The molecule has 2 aromatic rings. The SMILES string of the molecule is CCCc1c(Cc2ccccc2)ccc(C(=O)O)c1C(=O)O. The van der Waals surface area contributed by atoms with E-state index in [-0.39, 0.29) is 11.1 Å². The van der Waals surface area contributed by atoms with Crippen LogP contribution in [-0.2, 0) is 12.8 Å². The van der Waals surface area contributed by atoms with Gasteiger partial charge in [0.2, 0.25) is 0 Å². The molecule has 0 aliphatic carbocycles. The molecule has 114 valence electrons. The summed E-state index contributed by atoms with van der Waals surface area (Å²) in [5.74, 6) is -2.39. The first-order valence-corrected chi connectivity index (χ1v) is 7.19.